The van der Waals surface area contributed by atoms with Crippen molar-refractivity contribution in [3.8, 4) is 0 Å². The minimum atomic E-state index is 0.398. The summed E-state index contributed by atoms with van der Waals surface area (Å²) in [5.41, 5.74) is 1.68. The number of nitrogens with zero attached hydrogens (tertiary/aromatic N) is 1. The Morgan fingerprint density at radius 3 is 2.31 bits per heavy atom. The van der Waals surface area contributed by atoms with Crippen molar-refractivity contribution in [2.75, 3.05) is 26.2 Å². The summed E-state index contributed by atoms with van der Waals surface area (Å²) in [6, 6.07) is 0.723. The van der Waals surface area contributed by atoms with Crippen molar-refractivity contribution >= 4 is 0 Å². The van der Waals surface area contributed by atoms with Gasteiger partial charge in [0.1, 0.15) is 0 Å². The van der Waals surface area contributed by atoms with Crippen LogP contribution in [0.5, 0.6) is 0 Å². The molecule has 0 aromatic heterocycles. The minimum Gasteiger partial charge on any atom is -0.313 e. The second kappa shape index (κ2) is 5.83. The summed E-state index contributed by atoms with van der Waals surface area (Å²) in [4.78, 5) is 2.51. The van der Waals surface area contributed by atoms with Gasteiger partial charge in [-0.1, -0.05) is 32.9 Å². The third kappa shape index (κ3) is 5.66. The molecule has 0 radical (unpaired) electrons. The average molecular weight is 224 g/mol. The first-order valence-corrected chi connectivity index (χ1v) is 6.47. The molecule has 0 atom stereocenters. The average Bonchev–Trinajstić information content (AvgIpc) is 2.14. The Bertz CT molecular complexity index is 219. The minimum absolute atomic E-state index is 0.398. The van der Waals surface area contributed by atoms with Crippen molar-refractivity contribution in [3.63, 3.8) is 0 Å². The highest BCUT2D eigenvalue weighted by atomic mass is 15.1. The maximum absolute atomic E-state index is 3.98. The highest BCUT2D eigenvalue weighted by molar-refractivity contribution is 4.93. The van der Waals surface area contributed by atoms with Crippen LogP contribution >= 0.6 is 0 Å². The molecular formula is C14H28N2. The molecule has 16 heavy (non-hydrogen) atoms. The topological polar surface area (TPSA) is 15.3 Å². The number of hydrogen-bond acceptors (Lipinski definition) is 2. The van der Waals surface area contributed by atoms with Crippen LogP contribution in [0.15, 0.2) is 12.2 Å². The summed E-state index contributed by atoms with van der Waals surface area (Å²) >= 11 is 0. The first-order valence-electron chi connectivity index (χ1n) is 6.47. The number of likely N-dealkylation sites (tertiary alicyclic amines) is 1. The summed E-state index contributed by atoms with van der Waals surface area (Å²) in [5.74, 6) is 0. The van der Waals surface area contributed by atoms with Gasteiger partial charge in [-0.25, -0.2) is 0 Å². The summed E-state index contributed by atoms with van der Waals surface area (Å²) < 4.78 is 0. The van der Waals surface area contributed by atoms with Gasteiger partial charge in [0.25, 0.3) is 0 Å². The van der Waals surface area contributed by atoms with Gasteiger partial charge < -0.3 is 5.32 Å². The SMILES string of the molecule is C=C(C)CN1CCC(NCC(C)(C)C)CC1. The summed E-state index contributed by atoms with van der Waals surface area (Å²) in [7, 11) is 0. The predicted molar refractivity (Wildman–Crippen MR) is 71.7 cm³/mol. The summed E-state index contributed by atoms with van der Waals surface area (Å²) in [5, 5.41) is 3.69. The summed E-state index contributed by atoms with van der Waals surface area (Å²) in [6.07, 6.45) is 2.56. The molecule has 0 bridgehead atoms. The lowest BCUT2D eigenvalue weighted by Crippen LogP contribution is -2.45. The first-order chi connectivity index (χ1) is 7.37. The molecule has 1 aliphatic heterocycles. The molecule has 0 saturated carbocycles. The van der Waals surface area contributed by atoms with Crippen molar-refractivity contribution in [2.45, 2.75) is 46.6 Å². The Morgan fingerprint density at radius 1 is 1.31 bits per heavy atom. The normalized spacial score (nSPS) is 20.0. The van der Waals surface area contributed by atoms with Crippen molar-refractivity contribution in [2.24, 2.45) is 5.41 Å². The van der Waals surface area contributed by atoms with Crippen molar-refractivity contribution in [3.05, 3.63) is 12.2 Å². The lowest BCUT2D eigenvalue weighted by molar-refractivity contribution is 0.202. The maximum atomic E-state index is 3.98. The van der Waals surface area contributed by atoms with Gasteiger partial charge in [-0.3, -0.25) is 4.90 Å². The van der Waals surface area contributed by atoms with Crippen LogP contribution in [-0.4, -0.2) is 37.1 Å². The van der Waals surface area contributed by atoms with E-state index in [0.717, 1.165) is 19.1 Å². The molecule has 1 N–H and O–H groups in total. The smallest absolute Gasteiger partial charge is 0.0187 e. The van der Waals surface area contributed by atoms with Gasteiger partial charge in [-0.15, -0.1) is 0 Å². The third-order valence-corrected chi connectivity index (χ3v) is 3.00. The van der Waals surface area contributed by atoms with Gasteiger partial charge in [0.2, 0.25) is 0 Å². The van der Waals surface area contributed by atoms with Crippen LogP contribution in [-0.2, 0) is 0 Å². The van der Waals surface area contributed by atoms with Gasteiger partial charge in [0.05, 0.1) is 0 Å². The summed E-state index contributed by atoms with van der Waals surface area (Å²) in [6.45, 7) is 17.6. The molecule has 94 valence electrons. The standard InChI is InChI=1S/C14H28N2/c1-12(2)10-16-8-6-13(7-9-16)15-11-14(3,4)5/h13,15H,1,6-11H2,2-5H3. The molecule has 0 aromatic rings. The van der Waals surface area contributed by atoms with Crippen LogP contribution in [0.2, 0.25) is 0 Å². The highest BCUT2D eigenvalue weighted by Crippen LogP contribution is 2.15. The Labute approximate surface area is 101 Å². The lowest BCUT2D eigenvalue weighted by Gasteiger charge is -2.34. The van der Waals surface area contributed by atoms with E-state index < -0.39 is 0 Å². The van der Waals surface area contributed by atoms with Crippen molar-refractivity contribution in [1.82, 2.24) is 10.2 Å². The van der Waals surface area contributed by atoms with E-state index in [1.807, 2.05) is 0 Å². The fourth-order valence-electron chi connectivity index (χ4n) is 2.13. The molecule has 2 nitrogen and oxygen atoms in total. The number of hydrogen-bond donors (Lipinski definition) is 1. The van der Waals surface area contributed by atoms with Crippen LogP contribution in [0.4, 0.5) is 0 Å². The maximum Gasteiger partial charge on any atom is 0.0187 e. The van der Waals surface area contributed by atoms with E-state index in [2.05, 4.69) is 44.5 Å². The van der Waals surface area contributed by atoms with E-state index in [1.165, 1.54) is 31.5 Å². The zero-order chi connectivity index (χ0) is 12.2. The Balaban J connectivity index is 2.19. The number of nitrogens with one attached hydrogen (secondary N) is 1. The van der Waals surface area contributed by atoms with E-state index in [0.29, 0.717) is 5.41 Å². The molecule has 0 unspecified atom stereocenters. The first kappa shape index (κ1) is 13.7. The molecule has 1 saturated heterocycles. The van der Waals surface area contributed by atoms with Gasteiger partial charge in [0.15, 0.2) is 0 Å². The monoisotopic (exact) mass is 224 g/mol. The van der Waals surface area contributed by atoms with E-state index >= 15 is 0 Å². The van der Waals surface area contributed by atoms with Gasteiger partial charge in [-0.2, -0.15) is 0 Å². The zero-order valence-corrected chi connectivity index (χ0v) is 11.5. The van der Waals surface area contributed by atoms with Crippen LogP contribution < -0.4 is 5.32 Å². The quantitative estimate of drug-likeness (QED) is 0.739. The highest BCUT2D eigenvalue weighted by Gasteiger charge is 2.20. The fourth-order valence-corrected chi connectivity index (χ4v) is 2.13. The molecule has 1 heterocycles. The molecule has 1 fully saturated rings. The molecule has 0 amide bonds. The van der Waals surface area contributed by atoms with Gasteiger partial charge in [0, 0.05) is 19.1 Å². The molecule has 1 rings (SSSR count). The Morgan fingerprint density at radius 2 is 1.88 bits per heavy atom. The van der Waals surface area contributed by atoms with Crippen molar-refractivity contribution < 1.29 is 0 Å². The number of piperidine rings is 1. The number of rotatable bonds is 4. The Hall–Kier alpha value is -0.340. The lowest BCUT2D eigenvalue weighted by atomic mass is 9.95. The van der Waals surface area contributed by atoms with Crippen LogP contribution in [0.25, 0.3) is 0 Å². The van der Waals surface area contributed by atoms with Crippen molar-refractivity contribution in [1.29, 1.82) is 0 Å². The molecular weight excluding hydrogens is 196 g/mol. The largest absolute Gasteiger partial charge is 0.313 e. The van der Waals surface area contributed by atoms with Crippen LogP contribution in [0, 0.1) is 5.41 Å². The van der Waals surface area contributed by atoms with Gasteiger partial charge >= 0.3 is 0 Å². The van der Waals surface area contributed by atoms with E-state index in [9.17, 15) is 0 Å². The third-order valence-electron chi connectivity index (χ3n) is 3.00. The molecule has 0 aromatic carbocycles. The van der Waals surface area contributed by atoms with Crippen LogP contribution in [0.3, 0.4) is 0 Å². The fraction of sp³-hybridized carbons (Fsp3) is 0.857. The van der Waals surface area contributed by atoms with E-state index in [1.54, 1.807) is 0 Å². The molecule has 2 heteroatoms. The Kier molecular flexibility index (Phi) is 5.00. The van der Waals surface area contributed by atoms with Gasteiger partial charge in [-0.05, 0) is 38.3 Å². The van der Waals surface area contributed by atoms with E-state index in [-0.39, 0.29) is 0 Å². The second-order valence-electron chi connectivity index (χ2n) is 6.45. The van der Waals surface area contributed by atoms with E-state index in [4.69, 9.17) is 0 Å². The molecule has 1 aliphatic rings. The van der Waals surface area contributed by atoms with Crippen LogP contribution in [0.1, 0.15) is 40.5 Å². The zero-order valence-electron chi connectivity index (χ0n) is 11.5. The second-order valence-corrected chi connectivity index (χ2v) is 6.45. The molecule has 0 aliphatic carbocycles. The predicted octanol–water partition coefficient (Wildman–Crippen LogP) is 2.66. The molecule has 0 spiro atoms.